The van der Waals surface area contributed by atoms with Crippen LogP contribution in [0.25, 0.3) is 5.65 Å². The molecule has 3 rings (SSSR count). The van der Waals surface area contributed by atoms with Crippen molar-refractivity contribution in [3.05, 3.63) is 42.0 Å². The van der Waals surface area contributed by atoms with Gasteiger partial charge in [-0.2, -0.15) is 11.8 Å². The lowest BCUT2D eigenvalue weighted by Gasteiger charge is -2.06. The number of tetrazole rings is 1. The van der Waals surface area contributed by atoms with Crippen LogP contribution >= 0.6 is 11.8 Å². The Morgan fingerprint density at radius 1 is 1.16 bits per heavy atom. The lowest BCUT2D eigenvalue weighted by molar-refractivity contribution is 0.736. The second-order valence-electron chi connectivity index (χ2n) is 4.00. The first-order valence-corrected chi connectivity index (χ1v) is 7.15. The summed E-state index contributed by atoms with van der Waals surface area (Å²) in [4.78, 5) is 0. The van der Waals surface area contributed by atoms with E-state index in [9.17, 15) is 0 Å². The van der Waals surface area contributed by atoms with Crippen LogP contribution in [0.1, 0.15) is 5.56 Å². The Kier molecular flexibility index (Phi) is 3.28. The second-order valence-corrected chi connectivity index (χ2v) is 4.87. The number of thioether (sulfide) groups is 1. The molecule has 0 spiro atoms. The van der Waals surface area contributed by atoms with E-state index in [1.807, 2.05) is 36.0 Å². The van der Waals surface area contributed by atoms with Gasteiger partial charge in [-0.25, -0.2) is 0 Å². The van der Waals surface area contributed by atoms with Gasteiger partial charge in [0.05, 0.1) is 0 Å². The smallest absolute Gasteiger partial charge is 0.200 e. The van der Waals surface area contributed by atoms with E-state index < -0.39 is 0 Å². The molecule has 0 saturated carbocycles. The predicted octanol–water partition coefficient (Wildman–Crippen LogP) is 2.13. The average molecular weight is 272 g/mol. The molecule has 1 N–H and O–H groups in total. The first kappa shape index (κ1) is 11.9. The molecule has 19 heavy (non-hydrogen) atoms. The third kappa shape index (κ3) is 2.65. The van der Waals surface area contributed by atoms with Gasteiger partial charge in [-0.05, 0) is 46.5 Å². The van der Waals surface area contributed by atoms with Crippen LogP contribution in [0.5, 0.6) is 0 Å². The van der Waals surface area contributed by atoms with Crippen molar-refractivity contribution in [2.45, 2.75) is 5.75 Å². The Hall–Kier alpha value is -2.15. The minimum atomic E-state index is 0.626. The molecule has 0 aliphatic heterocycles. The van der Waals surface area contributed by atoms with Crippen molar-refractivity contribution in [2.75, 3.05) is 11.6 Å². The van der Waals surface area contributed by atoms with Crippen LogP contribution < -0.4 is 5.32 Å². The predicted molar refractivity (Wildman–Crippen MR) is 75.5 cm³/mol. The molecule has 7 heteroatoms. The zero-order valence-electron chi connectivity index (χ0n) is 10.3. The van der Waals surface area contributed by atoms with Crippen LogP contribution in [0.3, 0.4) is 0 Å². The highest BCUT2D eigenvalue weighted by Crippen LogP contribution is 2.17. The molecule has 0 bridgehead atoms. The normalized spacial score (nSPS) is 10.8. The molecule has 0 atom stereocenters. The second kappa shape index (κ2) is 5.23. The summed E-state index contributed by atoms with van der Waals surface area (Å²) >= 11 is 1.81. The third-order valence-electron chi connectivity index (χ3n) is 2.61. The van der Waals surface area contributed by atoms with E-state index in [0.29, 0.717) is 11.5 Å². The van der Waals surface area contributed by atoms with Crippen molar-refractivity contribution in [1.29, 1.82) is 0 Å². The molecular weight excluding hydrogens is 260 g/mol. The van der Waals surface area contributed by atoms with Crippen LogP contribution in [-0.2, 0) is 5.75 Å². The molecule has 3 aromatic rings. The van der Waals surface area contributed by atoms with Crippen molar-refractivity contribution < 1.29 is 0 Å². The molecule has 6 nitrogen and oxygen atoms in total. The molecule has 0 radical (unpaired) electrons. The molecule has 2 aromatic heterocycles. The Labute approximate surface area is 114 Å². The van der Waals surface area contributed by atoms with Crippen molar-refractivity contribution in [1.82, 2.24) is 25.3 Å². The van der Waals surface area contributed by atoms with Crippen LogP contribution in [0.15, 0.2) is 36.4 Å². The molecule has 0 saturated heterocycles. The first-order chi connectivity index (χ1) is 9.35. The van der Waals surface area contributed by atoms with Gasteiger partial charge in [-0.1, -0.05) is 12.1 Å². The molecule has 0 unspecified atom stereocenters. The van der Waals surface area contributed by atoms with E-state index in [1.165, 1.54) is 10.2 Å². The number of anilines is 2. The van der Waals surface area contributed by atoms with E-state index in [0.717, 1.165) is 11.4 Å². The monoisotopic (exact) mass is 272 g/mol. The summed E-state index contributed by atoms with van der Waals surface area (Å²) in [5.41, 5.74) is 2.92. The van der Waals surface area contributed by atoms with E-state index in [2.05, 4.69) is 44.3 Å². The summed E-state index contributed by atoms with van der Waals surface area (Å²) in [5, 5.41) is 18.6. The minimum absolute atomic E-state index is 0.626. The van der Waals surface area contributed by atoms with Gasteiger partial charge in [0.1, 0.15) is 0 Å². The fourth-order valence-corrected chi connectivity index (χ4v) is 2.24. The van der Waals surface area contributed by atoms with E-state index in [-0.39, 0.29) is 0 Å². The molecular formula is C12H12N6S. The SMILES string of the molecule is CSCc1ccc(Nc2ccc3nnnn3n2)cc1. The van der Waals surface area contributed by atoms with Gasteiger partial charge in [-0.3, -0.25) is 0 Å². The standard InChI is InChI=1S/C12H12N6S/c1-19-8-9-2-4-10(5-3-9)13-11-6-7-12-14-16-17-18(12)15-11/h2-7H,8H2,1H3,(H,13,15). The topological polar surface area (TPSA) is 68.0 Å². The number of hydrogen-bond donors (Lipinski definition) is 1. The van der Waals surface area contributed by atoms with Crippen LogP contribution in [0.4, 0.5) is 11.5 Å². The summed E-state index contributed by atoms with van der Waals surface area (Å²) in [5.74, 6) is 1.73. The van der Waals surface area contributed by atoms with Gasteiger partial charge < -0.3 is 5.32 Å². The summed E-state index contributed by atoms with van der Waals surface area (Å²) in [6.45, 7) is 0. The number of aromatic nitrogens is 5. The zero-order chi connectivity index (χ0) is 13.1. The Morgan fingerprint density at radius 2 is 2.00 bits per heavy atom. The highest BCUT2D eigenvalue weighted by atomic mass is 32.2. The first-order valence-electron chi connectivity index (χ1n) is 5.75. The van der Waals surface area contributed by atoms with Crippen molar-refractivity contribution >= 4 is 28.9 Å². The van der Waals surface area contributed by atoms with E-state index in [4.69, 9.17) is 0 Å². The Morgan fingerprint density at radius 3 is 2.79 bits per heavy atom. The van der Waals surface area contributed by atoms with Gasteiger partial charge in [0.25, 0.3) is 0 Å². The third-order valence-corrected chi connectivity index (χ3v) is 3.23. The maximum absolute atomic E-state index is 4.25. The van der Waals surface area contributed by atoms with Crippen LogP contribution in [-0.4, -0.2) is 31.5 Å². The van der Waals surface area contributed by atoms with Gasteiger partial charge in [0, 0.05) is 11.4 Å². The highest BCUT2D eigenvalue weighted by molar-refractivity contribution is 7.97. The van der Waals surface area contributed by atoms with E-state index >= 15 is 0 Å². The molecule has 2 heterocycles. The quantitative estimate of drug-likeness (QED) is 0.784. The molecule has 0 amide bonds. The zero-order valence-corrected chi connectivity index (χ0v) is 11.1. The van der Waals surface area contributed by atoms with Crippen molar-refractivity contribution in [2.24, 2.45) is 0 Å². The highest BCUT2D eigenvalue weighted by Gasteiger charge is 2.01. The average Bonchev–Trinajstić information content (AvgIpc) is 2.89. The molecule has 0 aliphatic carbocycles. The van der Waals surface area contributed by atoms with Crippen LogP contribution in [0, 0.1) is 0 Å². The number of nitrogens with zero attached hydrogens (tertiary/aromatic N) is 5. The maximum Gasteiger partial charge on any atom is 0.200 e. The summed E-state index contributed by atoms with van der Waals surface area (Å²) in [7, 11) is 0. The fraction of sp³-hybridized carbons (Fsp3) is 0.167. The van der Waals surface area contributed by atoms with Gasteiger partial charge in [0.2, 0.25) is 0 Å². The number of benzene rings is 1. The Balaban J connectivity index is 1.79. The van der Waals surface area contributed by atoms with Crippen molar-refractivity contribution in [3.63, 3.8) is 0 Å². The maximum atomic E-state index is 4.25. The largest absolute Gasteiger partial charge is 0.339 e. The van der Waals surface area contributed by atoms with Crippen molar-refractivity contribution in [3.8, 4) is 0 Å². The fourth-order valence-electron chi connectivity index (χ4n) is 1.72. The molecule has 0 aliphatic rings. The van der Waals surface area contributed by atoms with E-state index in [1.54, 1.807) is 0 Å². The molecule has 1 aromatic carbocycles. The summed E-state index contributed by atoms with van der Waals surface area (Å²) in [6, 6.07) is 12.0. The van der Waals surface area contributed by atoms with Crippen LogP contribution in [0.2, 0.25) is 0 Å². The van der Waals surface area contributed by atoms with Gasteiger partial charge >= 0.3 is 0 Å². The Bertz CT molecular complexity index is 678. The van der Waals surface area contributed by atoms with Gasteiger partial charge in [-0.15, -0.1) is 14.8 Å². The van der Waals surface area contributed by atoms with Gasteiger partial charge in [0.15, 0.2) is 11.5 Å². The number of nitrogens with one attached hydrogen (secondary N) is 1. The summed E-state index contributed by atoms with van der Waals surface area (Å²) < 4.78 is 1.39. The molecule has 0 fully saturated rings. The minimum Gasteiger partial charge on any atom is -0.339 e. The number of rotatable bonds is 4. The summed E-state index contributed by atoms with van der Waals surface area (Å²) in [6.07, 6.45) is 2.09. The lowest BCUT2D eigenvalue weighted by Crippen LogP contribution is -2.00. The lowest BCUT2D eigenvalue weighted by atomic mass is 10.2. The number of hydrogen-bond acceptors (Lipinski definition) is 6. The number of fused-ring (bicyclic) bond motifs is 1. The molecule has 96 valence electrons.